The number of aromatic nitrogens is 2. The van der Waals surface area contributed by atoms with Crippen molar-refractivity contribution in [3.8, 4) is 5.75 Å². The lowest BCUT2D eigenvalue weighted by atomic mass is 9.68. The Morgan fingerprint density at radius 3 is 1.75 bits per heavy atom. The van der Waals surface area contributed by atoms with Crippen LogP contribution < -0.4 is 15.0 Å². The van der Waals surface area contributed by atoms with Crippen molar-refractivity contribution in [3.63, 3.8) is 0 Å². The number of urea groups is 1. The predicted molar refractivity (Wildman–Crippen MR) is 162 cm³/mol. The van der Waals surface area contributed by atoms with Gasteiger partial charge in [0.15, 0.2) is 0 Å². The molecule has 5 aromatic rings. The third-order valence-corrected chi connectivity index (χ3v) is 8.57. The Morgan fingerprint density at radius 1 is 0.773 bits per heavy atom. The van der Waals surface area contributed by atoms with Gasteiger partial charge in [0.05, 0.1) is 16.7 Å². The second kappa shape index (κ2) is 10.6. The quantitative estimate of drug-likeness (QED) is 0.203. The lowest BCUT2D eigenvalue weighted by Gasteiger charge is -2.39. The number of pyridine rings is 2. The number of hydrogen-bond donors (Lipinski definition) is 1. The number of rotatable bonds is 6. The third kappa shape index (κ3) is 4.90. The average molecular weight is 599 g/mol. The van der Waals surface area contributed by atoms with Crippen LogP contribution in [0.1, 0.15) is 47.9 Å². The molecule has 0 spiro atoms. The molecule has 1 aliphatic rings. The second-order valence-corrected chi connectivity index (χ2v) is 11.3. The highest BCUT2D eigenvalue weighted by atomic mass is 19.4. The molecule has 7 nitrogen and oxygen atoms in total. The minimum Gasteiger partial charge on any atom is -0.406 e. The molecule has 1 saturated heterocycles. The Balaban J connectivity index is 1.52. The maximum atomic E-state index is 14.8. The Labute approximate surface area is 251 Å². The van der Waals surface area contributed by atoms with Crippen LogP contribution in [0.5, 0.6) is 5.75 Å². The molecule has 3 amide bonds. The minimum absolute atomic E-state index is 0.119. The van der Waals surface area contributed by atoms with Crippen LogP contribution in [0.4, 0.5) is 23.7 Å². The number of benzene rings is 3. The van der Waals surface area contributed by atoms with Gasteiger partial charge in [0.1, 0.15) is 11.3 Å². The van der Waals surface area contributed by atoms with Gasteiger partial charge in [-0.3, -0.25) is 14.8 Å². The number of hydrogen-bond acceptors (Lipinski definition) is 5. The van der Waals surface area contributed by atoms with Gasteiger partial charge in [0.25, 0.3) is 5.91 Å². The van der Waals surface area contributed by atoms with E-state index in [-0.39, 0.29) is 5.69 Å². The number of ether oxygens (including phenoxy) is 1. The number of aryl methyl sites for hydroxylation is 2. The number of fused-ring (bicyclic) bond motifs is 2. The number of carbonyl (C=O) groups excluding carboxylic acids is 2. The first-order valence-electron chi connectivity index (χ1n) is 14.1. The van der Waals surface area contributed by atoms with Crippen molar-refractivity contribution in [3.05, 3.63) is 107 Å². The molecule has 0 saturated carbocycles. The van der Waals surface area contributed by atoms with E-state index in [1.165, 1.54) is 12.1 Å². The molecule has 0 bridgehead atoms. The molecule has 3 aromatic carbocycles. The molecular formula is C34H29F3N4O3. The van der Waals surface area contributed by atoms with Gasteiger partial charge >= 0.3 is 12.4 Å². The number of anilines is 1. The van der Waals surface area contributed by atoms with Crippen LogP contribution in [0.15, 0.2) is 85.2 Å². The molecule has 6 rings (SSSR count). The van der Waals surface area contributed by atoms with Crippen LogP contribution in [-0.4, -0.2) is 33.8 Å². The first-order valence-corrected chi connectivity index (χ1v) is 14.1. The number of alkyl halides is 3. The van der Waals surface area contributed by atoms with E-state index in [9.17, 15) is 22.8 Å². The molecule has 2 aromatic heterocycles. The molecule has 3 heterocycles. The summed E-state index contributed by atoms with van der Waals surface area (Å²) in [7, 11) is 0. The fourth-order valence-corrected chi connectivity index (χ4v) is 6.36. The highest BCUT2D eigenvalue weighted by Gasteiger charge is 2.59. The summed E-state index contributed by atoms with van der Waals surface area (Å²) >= 11 is 0. The van der Waals surface area contributed by atoms with Gasteiger partial charge < -0.3 is 10.1 Å². The maximum absolute atomic E-state index is 14.8. The topological polar surface area (TPSA) is 84.4 Å². The van der Waals surface area contributed by atoms with Gasteiger partial charge in [-0.25, -0.2) is 9.69 Å². The normalized spacial score (nSPS) is 18.5. The van der Waals surface area contributed by atoms with Gasteiger partial charge in [-0.15, -0.1) is 13.2 Å². The number of nitrogens with zero attached hydrogens (tertiary/aromatic N) is 3. The molecular weight excluding hydrogens is 569 g/mol. The van der Waals surface area contributed by atoms with Crippen molar-refractivity contribution in [2.75, 3.05) is 4.90 Å². The number of carbonyl (C=O) groups is 2. The first-order chi connectivity index (χ1) is 20.9. The van der Waals surface area contributed by atoms with Gasteiger partial charge in [-0.2, -0.15) is 0 Å². The van der Waals surface area contributed by atoms with Crippen LogP contribution in [-0.2, 0) is 4.79 Å². The Kier molecular flexibility index (Phi) is 7.02. The zero-order valence-electron chi connectivity index (χ0n) is 24.4. The average Bonchev–Trinajstić information content (AvgIpc) is 3.25. The SMILES string of the molecule is Cc1ccc2c(C(C)C3(C(C)c4ccnc5cc(C)ccc45)NC(=O)N(c4ccc(OC(F)(F)F)cc4)C3=O)ccnc2c1. The predicted octanol–water partition coefficient (Wildman–Crippen LogP) is 7.70. The Hall–Kier alpha value is -4.99. The number of halogens is 3. The molecule has 224 valence electrons. The summed E-state index contributed by atoms with van der Waals surface area (Å²) in [6.07, 6.45) is -1.50. The second-order valence-electron chi connectivity index (χ2n) is 11.3. The van der Waals surface area contributed by atoms with E-state index in [1.807, 2.05) is 76.2 Å². The van der Waals surface area contributed by atoms with Crippen LogP contribution in [0.25, 0.3) is 21.8 Å². The first kappa shape index (κ1) is 29.1. The molecule has 0 radical (unpaired) electrons. The standard InChI is InChI=1S/C34H29F3N4O3/c1-19-5-11-27-25(13-15-38-29(27)17-19)21(3)33(22(4)26-14-16-39-30-18-20(2)6-12-28(26)30)31(42)41(32(43)40-33)23-7-9-24(10-8-23)44-34(35,36)37/h5-18,21-22H,1-4H3,(H,40,43). The van der Waals surface area contributed by atoms with Crippen LogP contribution >= 0.6 is 0 Å². The smallest absolute Gasteiger partial charge is 0.406 e. The number of nitrogens with one attached hydrogen (secondary N) is 1. The number of imide groups is 1. The monoisotopic (exact) mass is 598 g/mol. The van der Waals surface area contributed by atoms with Crippen molar-refractivity contribution in [1.82, 2.24) is 15.3 Å². The fraction of sp³-hybridized carbons (Fsp3) is 0.235. The van der Waals surface area contributed by atoms with Crippen molar-refractivity contribution < 1.29 is 27.5 Å². The summed E-state index contributed by atoms with van der Waals surface area (Å²) < 4.78 is 42.3. The van der Waals surface area contributed by atoms with E-state index in [1.54, 1.807) is 12.4 Å². The zero-order valence-corrected chi connectivity index (χ0v) is 24.4. The van der Waals surface area contributed by atoms with E-state index in [0.29, 0.717) is 0 Å². The van der Waals surface area contributed by atoms with Gasteiger partial charge in [-0.1, -0.05) is 38.1 Å². The van der Waals surface area contributed by atoms with Crippen molar-refractivity contribution in [2.24, 2.45) is 0 Å². The molecule has 0 aliphatic carbocycles. The summed E-state index contributed by atoms with van der Waals surface area (Å²) in [6.45, 7) is 7.75. The van der Waals surface area contributed by atoms with Crippen LogP contribution in [0.3, 0.4) is 0 Å². The third-order valence-electron chi connectivity index (χ3n) is 8.57. The summed E-state index contributed by atoms with van der Waals surface area (Å²) in [5.74, 6) is -2.11. The van der Waals surface area contributed by atoms with E-state index >= 15 is 0 Å². The van der Waals surface area contributed by atoms with Crippen LogP contribution in [0.2, 0.25) is 0 Å². The maximum Gasteiger partial charge on any atom is 0.573 e. The van der Waals surface area contributed by atoms with Crippen molar-refractivity contribution in [2.45, 2.75) is 51.4 Å². The highest BCUT2D eigenvalue weighted by molar-refractivity contribution is 6.24. The summed E-state index contributed by atoms with van der Waals surface area (Å²) in [4.78, 5) is 38.6. The summed E-state index contributed by atoms with van der Waals surface area (Å²) in [6, 6.07) is 19.5. The number of amides is 3. The van der Waals surface area contributed by atoms with E-state index < -0.39 is 41.4 Å². The molecule has 1 N–H and O–H groups in total. The lowest BCUT2D eigenvalue weighted by Crippen LogP contribution is -2.55. The van der Waals surface area contributed by atoms with E-state index in [4.69, 9.17) is 0 Å². The zero-order chi connectivity index (χ0) is 31.4. The van der Waals surface area contributed by atoms with Crippen LogP contribution in [0, 0.1) is 13.8 Å². The van der Waals surface area contributed by atoms with Gasteiger partial charge in [0, 0.05) is 35.0 Å². The summed E-state index contributed by atoms with van der Waals surface area (Å²) in [5, 5.41) is 4.75. The van der Waals surface area contributed by atoms with E-state index in [2.05, 4.69) is 20.0 Å². The van der Waals surface area contributed by atoms with Gasteiger partial charge in [0.2, 0.25) is 0 Å². The summed E-state index contributed by atoms with van der Waals surface area (Å²) in [5.41, 5.74) is 3.86. The van der Waals surface area contributed by atoms with E-state index in [0.717, 1.165) is 61.1 Å². The molecule has 1 aliphatic heterocycles. The molecule has 2 atom stereocenters. The molecule has 2 unspecified atom stereocenters. The fourth-order valence-electron chi connectivity index (χ4n) is 6.36. The minimum atomic E-state index is -4.87. The molecule has 10 heteroatoms. The Bertz CT molecular complexity index is 1830. The van der Waals surface area contributed by atoms with Crippen molar-refractivity contribution >= 4 is 39.4 Å². The molecule has 1 fully saturated rings. The van der Waals surface area contributed by atoms with Gasteiger partial charge in [-0.05, 0) is 84.6 Å². The largest absolute Gasteiger partial charge is 0.573 e. The molecule has 44 heavy (non-hydrogen) atoms. The highest BCUT2D eigenvalue weighted by Crippen LogP contribution is 2.47. The lowest BCUT2D eigenvalue weighted by molar-refractivity contribution is -0.274. The van der Waals surface area contributed by atoms with Crippen molar-refractivity contribution in [1.29, 1.82) is 0 Å². The Morgan fingerprint density at radius 2 is 1.27 bits per heavy atom.